The molecule has 16 nitrogen and oxygen atoms in total. The maximum atomic E-state index is 12.3. The van der Waals surface area contributed by atoms with Gasteiger partial charge < -0.3 is 19.1 Å². The minimum Gasteiger partial charge on any atom is -0.744 e. The second kappa shape index (κ2) is 19.7. The van der Waals surface area contributed by atoms with E-state index in [9.17, 15) is 61.8 Å². The predicted molar refractivity (Wildman–Crippen MR) is 241 cm³/mol. The van der Waals surface area contributed by atoms with Crippen LogP contribution in [-0.4, -0.2) is 68.7 Å². The third-order valence-corrected chi connectivity index (χ3v) is 14.5. The molecule has 67 heavy (non-hydrogen) atoms. The molecule has 3 N–H and O–H groups in total. The van der Waals surface area contributed by atoms with E-state index in [1.54, 1.807) is 85.7 Å². The molecule has 2 aliphatic heterocycles. The van der Waals surface area contributed by atoms with Gasteiger partial charge in [-0.15, -0.1) is 0 Å². The van der Waals surface area contributed by atoms with E-state index < -0.39 is 76.9 Å². The topological polar surface area (TPSA) is 267 Å². The summed E-state index contributed by atoms with van der Waals surface area (Å²) in [6.07, 6.45) is 6.63. The Morgan fingerprint density at radius 3 is 1.72 bits per heavy atom. The summed E-state index contributed by atoms with van der Waals surface area (Å²) in [5, 5.41) is 9.68. The summed E-state index contributed by atoms with van der Waals surface area (Å²) in [5.41, 5.74) is 1.55. The number of carbonyl (C=O) groups is 1. The third-order valence-electron chi connectivity index (χ3n) is 11.2. The predicted octanol–water partition coefficient (Wildman–Crippen LogP) is 1.55. The summed E-state index contributed by atoms with van der Waals surface area (Å²) in [6.45, 7) is 7.00. The summed E-state index contributed by atoms with van der Waals surface area (Å²) < 4.78 is 144. The van der Waals surface area contributed by atoms with Gasteiger partial charge in [0.05, 0.1) is 31.4 Å². The zero-order valence-corrected chi connectivity index (χ0v) is 43.3. The van der Waals surface area contributed by atoms with E-state index in [1.807, 2.05) is 0 Å². The number of fused-ring (bicyclic) bond motifs is 2. The largest absolute Gasteiger partial charge is 1.00 e. The van der Waals surface area contributed by atoms with Crippen LogP contribution in [0.15, 0.2) is 159 Å². The quantitative estimate of drug-likeness (QED) is 0.0734. The Balaban J connectivity index is 0.00000327. The normalized spacial score (nSPS) is 16.2. The molecule has 0 atom stereocenters. The minimum atomic E-state index is -4.92. The fourth-order valence-electron chi connectivity index (χ4n) is 7.91. The Morgan fingerprint density at radius 2 is 1.16 bits per heavy atom. The van der Waals surface area contributed by atoms with Gasteiger partial charge in [-0.05, 0) is 109 Å². The van der Waals surface area contributed by atoms with Crippen molar-refractivity contribution in [2.24, 2.45) is 0 Å². The van der Waals surface area contributed by atoms with Crippen LogP contribution in [0.3, 0.4) is 0 Å². The first-order valence-corrected chi connectivity index (χ1v) is 24.6. The van der Waals surface area contributed by atoms with Crippen LogP contribution >= 0.6 is 0 Å². The van der Waals surface area contributed by atoms with Crippen molar-refractivity contribution in [3.63, 3.8) is 0 Å². The number of carboxylic acid groups (broad SMARTS) is 1. The Kier molecular flexibility index (Phi) is 16.3. The molecule has 0 unspecified atom stereocenters. The number of hydrogen-bond donors (Lipinski definition) is 3. The number of rotatable bonds is 11. The molecule has 0 spiro atoms. The molecule has 5 aromatic rings. The van der Waals surface area contributed by atoms with Crippen molar-refractivity contribution in [1.82, 2.24) is 4.58 Å². The van der Waals surface area contributed by atoms with E-state index in [-0.39, 0.29) is 83.5 Å². The molecule has 0 saturated carbocycles. The molecule has 2 aliphatic rings. The van der Waals surface area contributed by atoms with Crippen molar-refractivity contribution in [2.75, 3.05) is 4.90 Å². The van der Waals surface area contributed by atoms with E-state index in [1.165, 1.54) is 72.8 Å². The molecule has 2 heterocycles. The van der Waals surface area contributed by atoms with Gasteiger partial charge in [-0.1, -0.05) is 51.6 Å². The van der Waals surface area contributed by atoms with Crippen LogP contribution in [0.4, 0.5) is 22.7 Å². The molecule has 0 aliphatic carbocycles. The number of carboxylic acids is 1. The summed E-state index contributed by atoms with van der Waals surface area (Å²) in [6, 6.07) is 24.1. The molecular weight excluding hydrogens is 967 g/mol. The maximum absolute atomic E-state index is 12.3. The number of aromatic carboxylic acids is 1. The van der Waals surface area contributed by atoms with Gasteiger partial charge in [0.1, 0.15) is 25.1 Å². The van der Waals surface area contributed by atoms with Gasteiger partial charge in [-0.2, -0.15) is 21.4 Å². The fourth-order valence-corrected chi connectivity index (χ4v) is 9.94. The van der Waals surface area contributed by atoms with Crippen molar-refractivity contribution in [1.29, 1.82) is 0 Å². The zero-order valence-electron chi connectivity index (χ0n) is 36.1. The van der Waals surface area contributed by atoms with E-state index in [2.05, 4.69) is 0 Å². The van der Waals surface area contributed by atoms with E-state index in [0.717, 1.165) is 12.1 Å². The average Bonchev–Trinajstić information content (AvgIpc) is 3.57. The number of benzene rings is 5. The molecule has 0 radical (unpaired) electrons. The van der Waals surface area contributed by atoms with Gasteiger partial charge in [0, 0.05) is 46.6 Å². The molecule has 22 heteroatoms. The second-order valence-corrected chi connectivity index (χ2v) is 21.5. The van der Waals surface area contributed by atoms with Crippen LogP contribution in [0.2, 0.25) is 0 Å². The number of nitrogens with zero attached hydrogens (tertiary/aromatic N) is 2. The van der Waals surface area contributed by atoms with Gasteiger partial charge in [0.2, 0.25) is 11.4 Å². The number of anilines is 2. The van der Waals surface area contributed by atoms with Crippen LogP contribution in [0.5, 0.6) is 0 Å². The molecule has 0 bridgehead atoms. The van der Waals surface area contributed by atoms with Gasteiger partial charge >= 0.3 is 65.1 Å². The molecule has 7 rings (SSSR count). The average molecular weight is 1010 g/mol. The number of allylic oxidation sites excluding steroid dienone is 6. The van der Waals surface area contributed by atoms with E-state index >= 15 is 0 Å². The van der Waals surface area contributed by atoms with Crippen molar-refractivity contribution in [2.45, 2.75) is 65.5 Å². The van der Waals surface area contributed by atoms with Crippen LogP contribution in [-0.2, 0) is 51.3 Å². The molecule has 0 aromatic heterocycles. The minimum absolute atomic E-state index is 0. The van der Waals surface area contributed by atoms with Crippen molar-refractivity contribution < 1.29 is 121 Å². The molecule has 0 fully saturated rings. The Labute approximate surface area is 433 Å². The molecular formula is C45H41N2Na2O14S4+. The van der Waals surface area contributed by atoms with Crippen LogP contribution in [0, 0.1) is 0 Å². The number of hydrogen-bond acceptors (Lipinski definition) is 12. The Morgan fingerprint density at radius 1 is 0.642 bits per heavy atom. The first-order valence-electron chi connectivity index (χ1n) is 18.9. The van der Waals surface area contributed by atoms with Gasteiger partial charge in [-0.3, -0.25) is 9.11 Å². The summed E-state index contributed by atoms with van der Waals surface area (Å²) in [4.78, 5) is 11.6. The van der Waals surface area contributed by atoms with E-state index in [0.29, 0.717) is 45.0 Å². The standard InChI is InChI=1S/C44H38N2O14S4.CH4.2Na/c1-43(2)36-25-34(63(55,56)57)17-19-38(36)45(30-7-5-9-32(23-30)61(49,50)51)40(43)21-15-28(27-11-13-29(14-12-27)42(47)48)16-22-41-44(3,4)37-26-35(64(58,59)60)18-20-39(37)46(41)31-8-6-10-33(24-31)62(52,53)54;;;/h5-26H,1-4H3,(H4-,47,48,49,50,51,52,53,54,55,56,57,58,59,60);1H4;;/q;;2*+1/p-1. The molecule has 340 valence electrons. The molecule has 0 amide bonds. The van der Waals surface area contributed by atoms with Gasteiger partial charge in [0.15, 0.2) is 5.71 Å². The first-order chi connectivity index (χ1) is 29.6. The maximum Gasteiger partial charge on any atom is 1.00 e. The monoisotopic (exact) mass is 1010 g/mol. The third kappa shape index (κ3) is 11.0. The Hall–Kier alpha value is -4.10. The van der Waals surface area contributed by atoms with Crippen LogP contribution in [0.25, 0.3) is 5.57 Å². The summed E-state index contributed by atoms with van der Waals surface area (Å²) in [7, 11) is -19.2. The second-order valence-electron chi connectivity index (χ2n) is 15.9. The smallest absolute Gasteiger partial charge is 0.744 e. The van der Waals surface area contributed by atoms with E-state index in [4.69, 9.17) is 0 Å². The Bertz CT molecular complexity index is 3420. The zero-order chi connectivity index (χ0) is 46.9. The van der Waals surface area contributed by atoms with Gasteiger partial charge in [-0.25, -0.2) is 21.6 Å². The summed E-state index contributed by atoms with van der Waals surface area (Å²) >= 11 is 0. The van der Waals surface area contributed by atoms with Crippen LogP contribution in [0.1, 0.15) is 62.2 Å². The molecule has 0 saturated heterocycles. The van der Waals surface area contributed by atoms with Crippen LogP contribution < -0.4 is 68.6 Å². The first kappa shape index (κ1) is 55.5. The fraction of sp³-hybridized carbons (Fsp3) is 0.156. The molecule has 5 aromatic carbocycles. The summed E-state index contributed by atoms with van der Waals surface area (Å²) in [5.74, 6) is -1.19. The van der Waals surface area contributed by atoms with Crippen molar-refractivity contribution in [3.05, 3.63) is 161 Å². The van der Waals surface area contributed by atoms with Gasteiger partial charge in [0.25, 0.3) is 20.2 Å². The van der Waals surface area contributed by atoms with Crippen molar-refractivity contribution in [3.8, 4) is 0 Å². The van der Waals surface area contributed by atoms with Crippen molar-refractivity contribution >= 4 is 80.5 Å². The SMILES string of the molecule is C.CC1(C)C(/C=C/C(=C/C=C2/N(c3cccc(S(=O)(=O)O)c3)c3ccc(S(=O)(=O)[O-])cc3C2(C)C)c2ccc(C(=O)O)cc2)=[N+](c2cccc(S(=O)(=O)O)c2)c2ccc(S(=O)(=O)[O-])cc21.[Na+].[Na+].